The van der Waals surface area contributed by atoms with Crippen molar-refractivity contribution in [1.82, 2.24) is 9.78 Å². The quantitative estimate of drug-likeness (QED) is 0.766. The van der Waals surface area contributed by atoms with Crippen molar-refractivity contribution in [1.29, 1.82) is 0 Å². The molecule has 1 aliphatic rings. The second-order valence-electron chi connectivity index (χ2n) is 3.85. The summed E-state index contributed by atoms with van der Waals surface area (Å²) in [4.78, 5) is 0. The van der Waals surface area contributed by atoms with Crippen molar-refractivity contribution in [2.75, 3.05) is 6.61 Å². The molecular weight excluding hydrogens is 180 g/mol. The van der Waals surface area contributed by atoms with Crippen LogP contribution in [0.15, 0.2) is 12.4 Å². The van der Waals surface area contributed by atoms with Crippen molar-refractivity contribution in [2.45, 2.75) is 31.5 Å². The highest BCUT2D eigenvalue weighted by atomic mass is 16.5. The number of ether oxygens (including phenoxy) is 1. The van der Waals surface area contributed by atoms with Crippen LogP contribution >= 0.6 is 0 Å². The van der Waals surface area contributed by atoms with Crippen LogP contribution in [-0.4, -0.2) is 33.7 Å². The first kappa shape index (κ1) is 9.68. The Morgan fingerprint density at radius 2 is 2.64 bits per heavy atom. The van der Waals surface area contributed by atoms with Gasteiger partial charge in [0.1, 0.15) is 0 Å². The van der Waals surface area contributed by atoms with Crippen LogP contribution in [0, 0.1) is 0 Å². The van der Waals surface area contributed by atoms with Crippen LogP contribution in [0.2, 0.25) is 0 Å². The highest BCUT2D eigenvalue weighted by Crippen LogP contribution is 2.18. The number of hydrogen-bond donors (Lipinski definition) is 1. The second kappa shape index (κ2) is 4.11. The maximum Gasteiger partial charge on any atom is 0.0843 e. The molecule has 0 amide bonds. The third kappa shape index (κ3) is 2.13. The molecule has 2 heterocycles. The molecule has 0 spiro atoms. The summed E-state index contributed by atoms with van der Waals surface area (Å²) in [5.74, 6) is 0. The van der Waals surface area contributed by atoms with Crippen LogP contribution < -0.4 is 0 Å². The lowest BCUT2D eigenvalue weighted by Crippen LogP contribution is -2.27. The first-order valence-corrected chi connectivity index (χ1v) is 5.03. The van der Waals surface area contributed by atoms with E-state index in [9.17, 15) is 5.11 Å². The summed E-state index contributed by atoms with van der Waals surface area (Å²) in [6.07, 6.45) is 6.03. The smallest absolute Gasteiger partial charge is 0.0843 e. The molecule has 0 aliphatic carbocycles. The van der Waals surface area contributed by atoms with Gasteiger partial charge in [0, 0.05) is 26.3 Å². The predicted molar refractivity (Wildman–Crippen MR) is 51.9 cm³/mol. The maximum absolute atomic E-state index is 9.85. The highest BCUT2D eigenvalue weighted by molar-refractivity contribution is 5.05. The van der Waals surface area contributed by atoms with Crippen molar-refractivity contribution in [2.24, 2.45) is 7.05 Å². The molecule has 1 aliphatic heterocycles. The lowest BCUT2D eigenvalue weighted by atomic mass is 10.0. The third-order valence-electron chi connectivity index (χ3n) is 2.60. The van der Waals surface area contributed by atoms with E-state index in [2.05, 4.69) is 5.10 Å². The molecule has 1 fully saturated rings. The summed E-state index contributed by atoms with van der Waals surface area (Å²) < 4.78 is 7.16. The Hall–Kier alpha value is -0.870. The Morgan fingerprint density at radius 1 is 1.79 bits per heavy atom. The molecule has 78 valence electrons. The van der Waals surface area contributed by atoms with E-state index < -0.39 is 0 Å². The van der Waals surface area contributed by atoms with Gasteiger partial charge < -0.3 is 9.84 Å². The number of aromatic nitrogens is 2. The van der Waals surface area contributed by atoms with Crippen LogP contribution in [0.1, 0.15) is 18.4 Å². The molecule has 2 unspecified atom stereocenters. The molecule has 0 radical (unpaired) electrons. The van der Waals surface area contributed by atoms with Crippen molar-refractivity contribution >= 4 is 0 Å². The zero-order valence-corrected chi connectivity index (χ0v) is 8.39. The van der Waals surface area contributed by atoms with E-state index in [4.69, 9.17) is 4.74 Å². The van der Waals surface area contributed by atoms with E-state index in [1.807, 2.05) is 13.2 Å². The second-order valence-corrected chi connectivity index (χ2v) is 3.85. The normalized spacial score (nSPS) is 24.0. The molecular formula is C10H16N2O2. The number of rotatable bonds is 3. The summed E-state index contributed by atoms with van der Waals surface area (Å²) in [5.41, 5.74) is 1.07. The Kier molecular flexibility index (Phi) is 2.84. The van der Waals surface area contributed by atoms with Gasteiger partial charge in [0.05, 0.1) is 18.4 Å². The molecule has 1 aromatic rings. The Morgan fingerprint density at radius 3 is 3.21 bits per heavy atom. The lowest BCUT2D eigenvalue weighted by molar-refractivity contribution is -0.000778. The van der Waals surface area contributed by atoms with E-state index in [1.54, 1.807) is 10.9 Å². The van der Waals surface area contributed by atoms with Gasteiger partial charge in [0.25, 0.3) is 0 Å². The number of aryl methyl sites for hydroxylation is 1. The Labute approximate surface area is 83.5 Å². The predicted octanol–water partition coefficient (Wildman–Crippen LogP) is 0.502. The van der Waals surface area contributed by atoms with Gasteiger partial charge in [0.2, 0.25) is 0 Å². The summed E-state index contributed by atoms with van der Waals surface area (Å²) in [6, 6.07) is 0. The van der Waals surface area contributed by atoms with E-state index in [-0.39, 0.29) is 12.2 Å². The molecule has 0 aromatic carbocycles. The van der Waals surface area contributed by atoms with Crippen LogP contribution in [0.25, 0.3) is 0 Å². The zero-order chi connectivity index (χ0) is 9.97. The number of hydrogen-bond acceptors (Lipinski definition) is 3. The van der Waals surface area contributed by atoms with E-state index in [0.29, 0.717) is 6.42 Å². The van der Waals surface area contributed by atoms with Crippen LogP contribution in [0.3, 0.4) is 0 Å². The van der Waals surface area contributed by atoms with Gasteiger partial charge in [-0.15, -0.1) is 0 Å². The van der Waals surface area contributed by atoms with Crippen LogP contribution in [-0.2, 0) is 18.2 Å². The summed E-state index contributed by atoms with van der Waals surface area (Å²) in [5, 5.41) is 13.9. The minimum absolute atomic E-state index is 0.0233. The molecule has 4 heteroatoms. The summed E-state index contributed by atoms with van der Waals surface area (Å²) in [7, 11) is 1.88. The van der Waals surface area contributed by atoms with Crippen molar-refractivity contribution in [3.63, 3.8) is 0 Å². The molecule has 2 atom stereocenters. The van der Waals surface area contributed by atoms with Gasteiger partial charge in [-0.2, -0.15) is 5.10 Å². The lowest BCUT2D eigenvalue weighted by Gasteiger charge is -2.16. The molecule has 1 aromatic heterocycles. The third-order valence-corrected chi connectivity index (χ3v) is 2.60. The molecule has 1 saturated heterocycles. The maximum atomic E-state index is 9.85. The van der Waals surface area contributed by atoms with E-state index in [0.717, 1.165) is 25.0 Å². The van der Waals surface area contributed by atoms with Gasteiger partial charge in [0.15, 0.2) is 0 Å². The van der Waals surface area contributed by atoms with Gasteiger partial charge in [-0.05, 0) is 18.4 Å². The fraction of sp³-hybridized carbons (Fsp3) is 0.700. The minimum atomic E-state index is -0.387. The number of aliphatic hydroxyl groups excluding tert-OH is 1. The standard InChI is InChI=1S/C10H16N2O2/c1-12-7-8(6-11-12)5-9(13)10-3-2-4-14-10/h6-7,9-10,13H,2-5H2,1H3. The molecule has 14 heavy (non-hydrogen) atoms. The molecule has 1 N–H and O–H groups in total. The molecule has 2 rings (SSSR count). The van der Waals surface area contributed by atoms with Crippen molar-refractivity contribution < 1.29 is 9.84 Å². The molecule has 4 nitrogen and oxygen atoms in total. The minimum Gasteiger partial charge on any atom is -0.390 e. The van der Waals surface area contributed by atoms with Gasteiger partial charge >= 0.3 is 0 Å². The first-order valence-electron chi connectivity index (χ1n) is 5.03. The van der Waals surface area contributed by atoms with Gasteiger partial charge in [-0.3, -0.25) is 4.68 Å². The SMILES string of the molecule is Cn1cc(CC(O)C2CCCO2)cn1. The summed E-state index contributed by atoms with van der Waals surface area (Å²) >= 11 is 0. The number of nitrogens with zero attached hydrogens (tertiary/aromatic N) is 2. The zero-order valence-electron chi connectivity index (χ0n) is 8.39. The Bertz CT molecular complexity index is 292. The van der Waals surface area contributed by atoms with Gasteiger partial charge in [-0.1, -0.05) is 0 Å². The van der Waals surface area contributed by atoms with Crippen molar-refractivity contribution in [3.05, 3.63) is 18.0 Å². The van der Waals surface area contributed by atoms with E-state index >= 15 is 0 Å². The number of aliphatic hydroxyl groups is 1. The van der Waals surface area contributed by atoms with Crippen LogP contribution in [0.5, 0.6) is 0 Å². The largest absolute Gasteiger partial charge is 0.390 e. The summed E-state index contributed by atoms with van der Waals surface area (Å²) in [6.45, 7) is 0.786. The molecule has 0 bridgehead atoms. The monoisotopic (exact) mass is 196 g/mol. The fourth-order valence-corrected chi connectivity index (χ4v) is 1.86. The molecule has 0 saturated carbocycles. The topological polar surface area (TPSA) is 47.3 Å². The highest BCUT2D eigenvalue weighted by Gasteiger charge is 2.24. The Balaban J connectivity index is 1.90. The fourth-order valence-electron chi connectivity index (χ4n) is 1.86. The van der Waals surface area contributed by atoms with Crippen molar-refractivity contribution in [3.8, 4) is 0 Å². The average Bonchev–Trinajstić information content (AvgIpc) is 2.75. The van der Waals surface area contributed by atoms with E-state index in [1.165, 1.54) is 0 Å². The van der Waals surface area contributed by atoms with Crippen LogP contribution in [0.4, 0.5) is 0 Å². The average molecular weight is 196 g/mol. The first-order chi connectivity index (χ1) is 6.75. The van der Waals surface area contributed by atoms with Gasteiger partial charge in [-0.25, -0.2) is 0 Å².